The lowest BCUT2D eigenvalue weighted by Crippen LogP contribution is -2.17. The molecule has 0 aliphatic rings. The van der Waals surface area contributed by atoms with E-state index in [9.17, 15) is 4.79 Å². The van der Waals surface area contributed by atoms with Gasteiger partial charge in [0.2, 0.25) is 0 Å². The number of ether oxygens (including phenoxy) is 3. The van der Waals surface area contributed by atoms with Gasteiger partial charge in [-0.1, -0.05) is 66.2 Å². The number of carbonyl (C=O) groups is 1. The van der Waals surface area contributed by atoms with Crippen molar-refractivity contribution in [2.75, 3.05) is 7.11 Å². The molecule has 0 aliphatic heterocycles. The van der Waals surface area contributed by atoms with Crippen molar-refractivity contribution >= 4 is 23.7 Å². The van der Waals surface area contributed by atoms with Gasteiger partial charge in [0.25, 0.3) is 5.91 Å². The van der Waals surface area contributed by atoms with Gasteiger partial charge in [0.15, 0.2) is 11.5 Å². The molecule has 0 unspecified atom stereocenters. The summed E-state index contributed by atoms with van der Waals surface area (Å²) in [6, 6.07) is 29.7. The van der Waals surface area contributed by atoms with Crippen LogP contribution in [-0.4, -0.2) is 19.2 Å². The van der Waals surface area contributed by atoms with E-state index < -0.39 is 0 Å². The molecule has 0 radical (unpaired) electrons. The number of nitrogens with one attached hydrogen (secondary N) is 1. The zero-order valence-corrected chi connectivity index (χ0v) is 20.4. The Kier molecular flexibility index (Phi) is 8.57. The average molecular weight is 501 g/mol. The van der Waals surface area contributed by atoms with Crippen LogP contribution in [-0.2, 0) is 13.2 Å². The van der Waals surface area contributed by atoms with Crippen molar-refractivity contribution in [1.29, 1.82) is 0 Å². The third-order valence-electron chi connectivity index (χ3n) is 5.24. The smallest absolute Gasteiger partial charge is 0.271 e. The van der Waals surface area contributed by atoms with Crippen molar-refractivity contribution in [3.05, 3.63) is 124 Å². The summed E-state index contributed by atoms with van der Waals surface area (Å²) >= 11 is 6.17. The molecule has 1 amide bonds. The first-order valence-electron chi connectivity index (χ1n) is 11.3. The Balaban J connectivity index is 1.40. The van der Waals surface area contributed by atoms with Gasteiger partial charge in [-0.3, -0.25) is 4.79 Å². The second-order valence-electron chi connectivity index (χ2n) is 7.80. The minimum atomic E-state index is -0.307. The normalized spacial score (nSPS) is 10.7. The maximum absolute atomic E-state index is 12.2. The second-order valence-corrected chi connectivity index (χ2v) is 8.23. The number of halogens is 1. The molecular formula is C29H25ClN2O4. The minimum Gasteiger partial charge on any atom is -0.493 e. The molecule has 0 fully saturated rings. The van der Waals surface area contributed by atoms with Gasteiger partial charge in [-0.2, -0.15) is 5.10 Å². The van der Waals surface area contributed by atoms with Crippen molar-refractivity contribution < 1.29 is 19.0 Å². The van der Waals surface area contributed by atoms with Crippen LogP contribution in [0.3, 0.4) is 0 Å². The highest BCUT2D eigenvalue weighted by Gasteiger charge is 2.09. The number of methoxy groups -OCH3 is 1. The Morgan fingerprint density at radius 1 is 0.806 bits per heavy atom. The maximum Gasteiger partial charge on any atom is 0.271 e. The molecule has 7 heteroatoms. The SMILES string of the molecule is COc1cc(COc2ccc(Cl)cc2/C=N/NC(=O)c2ccccc2)ccc1OCc1ccccc1. The Labute approximate surface area is 215 Å². The van der Waals surface area contributed by atoms with Crippen molar-refractivity contribution in [1.82, 2.24) is 5.43 Å². The van der Waals surface area contributed by atoms with E-state index in [1.165, 1.54) is 6.21 Å². The van der Waals surface area contributed by atoms with Crippen LogP contribution in [0.1, 0.15) is 27.0 Å². The van der Waals surface area contributed by atoms with E-state index >= 15 is 0 Å². The number of hydrogen-bond donors (Lipinski definition) is 1. The monoisotopic (exact) mass is 500 g/mol. The number of hydrogen-bond acceptors (Lipinski definition) is 5. The molecular weight excluding hydrogens is 476 g/mol. The highest BCUT2D eigenvalue weighted by Crippen LogP contribution is 2.30. The number of rotatable bonds is 10. The lowest BCUT2D eigenvalue weighted by Gasteiger charge is -2.14. The molecule has 0 aromatic heterocycles. The standard InChI is InChI=1S/C29H25ClN2O4/c1-34-28-16-22(12-14-27(28)36-19-21-8-4-2-5-9-21)20-35-26-15-13-25(30)17-24(26)18-31-32-29(33)23-10-6-3-7-11-23/h2-18H,19-20H2,1H3,(H,32,33)/b31-18+. The van der Waals surface area contributed by atoms with E-state index in [0.717, 1.165) is 11.1 Å². The molecule has 0 atom stereocenters. The molecule has 4 rings (SSSR count). The van der Waals surface area contributed by atoms with Gasteiger partial charge in [-0.25, -0.2) is 5.43 Å². The molecule has 4 aromatic carbocycles. The first kappa shape index (κ1) is 24.8. The molecule has 0 saturated carbocycles. The summed E-state index contributed by atoms with van der Waals surface area (Å²) in [7, 11) is 1.60. The van der Waals surface area contributed by atoms with Crippen LogP contribution in [0.25, 0.3) is 0 Å². The van der Waals surface area contributed by atoms with Gasteiger partial charge >= 0.3 is 0 Å². The molecule has 0 bridgehead atoms. The largest absolute Gasteiger partial charge is 0.493 e. The van der Waals surface area contributed by atoms with Gasteiger partial charge in [0, 0.05) is 16.1 Å². The Hall–Kier alpha value is -4.29. The van der Waals surface area contributed by atoms with Gasteiger partial charge < -0.3 is 14.2 Å². The maximum atomic E-state index is 12.2. The lowest BCUT2D eigenvalue weighted by atomic mass is 10.2. The third kappa shape index (κ3) is 6.87. The van der Waals surface area contributed by atoms with Crippen LogP contribution in [0.5, 0.6) is 17.2 Å². The number of benzene rings is 4. The molecule has 182 valence electrons. The molecule has 36 heavy (non-hydrogen) atoms. The molecule has 0 heterocycles. The first-order chi connectivity index (χ1) is 17.6. The highest BCUT2D eigenvalue weighted by molar-refractivity contribution is 6.30. The molecule has 4 aromatic rings. The average Bonchev–Trinajstić information content (AvgIpc) is 2.92. The van der Waals surface area contributed by atoms with Gasteiger partial charge in [-0.15, -0.1) is 0 Å². The minimum absolute atomic E-state index is 0.286. The van der Waals surface area contributed by atoms with Crippen LogP contribution in [0.4, 0.5) is 0 Å². The summed E-state index contributed by atoms with van der Waals surface area (Å²) in [6.45, 7) is 0.732. The fraction of sp³-hybridized carbons (Fsp3) is 0.103. The first-order valence-corrected chi connectivity index (χ1v) is 11.6. The number of carbonyl (C=O) groups excluding carboxylic acids is 1. The number of nitrogens with zero attached hydrogens (tertiary/aromatic N) is 1. The predicted octanol–water partition coefficient (Wildman–Crippen LogP) is 6.27. The fourth-order valence-electron chi connectivity index (χ4n) is 3.38. The third-order valence-corrected chi connectivity index (χ3v) is 5.47. The number of hydrazone groups is 1. The summed E-state index contributed by atoms with van der Waals surface area (Å²) in [5, 5.41) is 4.59. The summed E-state index contributed by atoms with van der Waals surface area (Å²) in [6.07, 6.45) is 1.50. The summed E-state index contributed by atoms with van der Waals surface area (Å²) in [5.41, 5.74) is 5.63. The molecule has 6 nitrogen and oxygen atoms in total. The van der Waals surface area contributed by atoms with Gasteiger partial charge in [0.1, 0.15) is 19.0 Å². The van der Waals surface area contributed by atoms with E-state index in [0.29, 0.717) is 40.0 Å². The van der Waals surface area contributed by atoms with E-state index in [2.05, 4.69) is 10.5 Å². The molecule has 0 aliphatic carbocycles. The van der Waals surface area contributed by atoms with Gasteiger partial charge in [-0.05, 0) is 53.6 Å². The second kappa shape index (κ2) is 12.4. The van der Waals surface area contributed by atoms with E-state index in [1.807, 2.05) is 54.6 Å². The topological polar surface area (TPSA) is 69.2 Å². The van der Waals surface area contributed by atoms with Gasteiger partial charge in [0.05, 0.1) is 13.3 Å². The van der Waals surface area contributed by atoms with Crippen LogP contribution >= 0.6 is 11.6 Å². The van der Waals surface area contributed by atoms with E-state index in [1.54, 1.807) is 49.6 Å². The Bertz CT molecular complexity index is 1330. The highest BCUT2D eigenvalue weighted by atomic mass is 35.5. The summed E-state index contributed by atoms with van der Waals surface area (Å²) in [4.78, 5) is 12.2. The van der Waals surface area contributed by atoms with Crippen molar-refractivity contribution in [2.45, 2.75) is 13.2 Å². The summed E-state index contributed by atoms with van der Waals surface area (Å²) < 4.78 is 17.5. The van der Waals surface area contributed by atoms with Crippen LogP contribution in [0.2, 0.25) is 5.02 Å². The quantitative estimate of drug-likeness (QED) is 0.206. The summed E-state index contributed by atoms with van der Waals surface area (Å²) in [5.74, 6) is 1.53. The molecule has 0 saturated heterocycles. The molecule has 0 spiro atoms. The van der Waals surface area contributed by atoms with Crippen LogP contribution in [0, 0.1) is 0 Å². The zero-order chi connectivity index (χ0) is 25.2. The fourth-order valence-corrected chi connectivity index (χ4v) is 3.56. The van der Waals surface area contributed by atoms with Crippen LogP contribution in [0.15, 0.2) is 102 Å². The van der Waals surface area contributed by atoms with E-state index in [-0.39, 0.29) is 12.5 Å². The van der Waals surface area contributed by atoms with Crippen LogP contribution < -0.4 is 19.6 Å². The predicted molar refractivity (Wildman–Crippen MR) is 141 cm³/mol. The van der Waals surface area contributed by atoms with Crippen molar-refractivity contribution in [3.63, 3.8) is 0 Å². The Morgan fingerprint density at radius 2 is 1.47 bits per heavy atom. The van der Waals surface area contributed by atoms with Crippen molar-refractivity contribution in [3.8, 4) is 17.2 Å². The zero-order valence-electron chi connectivity index (χ0n) is 19.7. The Morgan fingerprint density at radius 3 is 2.22 bits per heavy atom. The van der Waals surface area contributed by atoms with Crippen molar-refractivity contribution in [2.24, 2.45) is 5.10 Å². The molecule has 1 N–H and O–H groups in total. The lowest BCUT2D eigenvalue weighted by molar-refractivity contribution is 0.0955. The number of amides is 1. The van der Waals surface area contributed by atoms with E-state index in [4.69, 9.17) is 25.8 Å².